The van der Waals surface area contributed by atoms with Crippen molar-refractivity contribution in [2.45, 2.75) is 46.1 Å². The fourth-order valence-corrected chi connectivity index (χ4v) is 3.39. The molecule has 0 aromatic carbocycles. The minimum atomic E-state index is 0.339. The van der Waals surface area contributed by atoms with Crippen LogP contribution in [0, 0.1) is 17.2 Å². The zero-order valence-electron chi connectivity index (χ0n) is 11.4. The van der Waals surface area contributed by atoms with Gasteiger partial charge in [-0.3, -0.25) is 4.90 Å². The third-order valence-corrected chi connectivity index (χ3v) is 4.54. The highest BCUT2D eigenvalue weighted by atomic mass is 32.1. The average molecular weight is 263 g/mol. The molecule has 1 fully saturated rings. The normalized spacial score (nSPS) is 18.2. The van der Waals surface area contributed by atoms with Crippen molar-refractivity contribution in [3.8, 4) is 6.07 Å². The van der Waals surface area contributed by atoms with Crippen molar-refractivity contribution >= 4 is 11.3 Å². The summed E-state index contributed by atoms with van der Waals surface area (Å²) in [6, 6.07) is 2.28. The van der Waals surface area contributed by atoms with Crippen molar-refractivity contribution in [1.82, 2.24) is 9.88 Å². The maximum absolute atomic E-state index is 9.13. The van der Waals surface area contributed by atoms with E-state index in [4.69, 9.17) is 5.26 Å². The molecular formula is C14H21N3S. The Labute approximate surface area is 113 Å². The second-order valence-corrected chi connectivity index (χ2v) is 6.63. The number of hydrogen-bond acceptors (Lipinski definition) is 4. The van der Waals surface area contributed by atoms with E-state index >= 15 is 0 Å². The molecule has 2 heterocycles. The quantitative estimate of drug-likeness (QED) is 0.839. The van der Waals surface area contributed by atoms with E-state index < -0.39 is 0 Å². The van der Waals surface area contributed by atoms with Crippen LogP contribution in [0.2, 0.25) is 0 Å². The summed E-state index contributed by atoms with van der Waals surface area (Å²) in [6.07, 6.45) is 2.57. The van der Waals surface area contributed by atoms with Crippen LogP contribution in [-0.4, -0.2) is 23.0 Å². The van der Waals surface area contributed by atoms with Gasteiger partial charge in [0.25, 0.3) is 0 Å². The average Bonchev–Trinajstić information content (AvgIpc) is 2.75. The molecule has 4 heteroatoms. The molecule has 1 aromatic heterocycles. The van der Waals surface area contributed by atoms with Gasteiger partial charge in [-0.15, -0.1) is 11.3 Å². The van der Waals surface area contributed by atoms with Gasteiger partial charge in [-0.1, -0.05) is 20.8 Å². The van der Waals surface area contributed by atoms with Crippen LogP contribution in [0.3, 0.4) is 0 Å². The van der Waals surface area contributed by atoms with Gasteiger partial charge < -0.3 is 0 Å². The topological polar surface area (TPSA) is 39.9 Å². The standard InChI is InChI=1S/C14H21N3S/c1-10(2)14-12(8-15)18-13(16-14)9-17-6-4-11(3)5-7-17/h10-11H,4-7,9H2,1-3H3. The fraction of sp³-hybridized carbons (Fsp3) is 0.714. The third kappa shape index (κ3) is 3.09. The lowest BCUT2D eigenvalue weighted by molar-refractivity contribution is 0.185. The van der Waals surface area contributed by atoms with Gasteiger partial charge in [0.15, 0.2) is 0 Å². The first kappa shape index (κ1) is 13.5. The second-order valence-electron chi connectivity index (χ2n) is 5.55. The van der Waals surface area contributed by atoms with E-state index in [0.717, 1.165) is 28.0 Å². The van der Waals surface area contributed by atoms with E-state index in [1.807, 2.05) is 0 Å². The molecule has 18 heavy (non-hydrogen) atoms. The highest BCUT2D eigenvalue weighted by Gasteiger charge is 2.19. The smallest absolute Gasteiger partial charge is 0.128 e. The van der Waals surface area contributed by atoms with Crippen LogP contribution in [0.5, 0.6) is 0 Å². The van der Waals surface area contributed by atoms with E-state index in [2.05, 4.69) is 36.7 Å². The van der Waals surface area contributed by atoms with Crippen LogP contribution in [0.1, 0.15) is 55.1 Å². The molecule has 1 aliphatic heterocycles. The van der Waals surface area contributed by atoms with E-state index in [1.165, 1.54) is 25.9 Å². The minimum absolute atomic E-state index is 0.339. The van der Waals surface area contributed by atoms with Crippen molar-refractivity contribution in [2.24, 2.45) is 5.92 Å². The highest BCUT2D eigenvalue weighted by molar-refractivity contribution is 7.12. The molecule has 1 saturated heterocycles. The second kappa shape index (κ2) is 5.81. The molecule has 0 N–H and O–H groups in total. The van der Waals surface area contributed by atoms with Gasteiger partial charge in [0.2, 0.25) is 0 Å². The molecule has 3 nitrogen and oxygen atoms in total. The van der Waals surface area contributed by atoms with Gasteiger partial charge in [-0.2, -0.15) is 5.26 Å². The summed E-state index contributed by atoms with van der Waals surface area (Å²) in [4.78, 5) is 7.91. The lowest BCUT2D eigenvalue weighted by Crippen LogP contribution is -2.32. The molecule has 0 unspecified atom stereocenters. The Balaban J connectivity index is 2.04. The van der Waals surface area contributed by atoms with E-state index in [0.29, 0.717) is 5.92 Å². The van der Waals surface area contributed by atoms with Crippen LogP contribution in [0.25, 0.3) is 0 Å². The van der Waals surface area contributed by atoms with Crippen molar-refractivity contribution in [3.63, 3.8) is 0 Å². The predicted molar refractivity (Wildman–Crippen MR) is 74.6 cm³/mol. The Bertz CT molecular complexity index is 436. The number of aromatic nitrogens is 1. The fourth-order valence-electron chi connectivity index (χ4n) is 2.33. The molecule has 98 valence electrons. The Morgan fingerprint density at radius 1 is 1.44 bits per heavy atom. The number of nitriles is 1. The monoisotopic (exact) mass is 263 g/mol. The summed E-state index contributed by atoms with van der Waals surface area (Å²) in [5.41, 5.74) is 0.975. The van der Waals surface area contributed by atoms with Crippen LogP contribution in [0.4, 0.5) is 0 Å². The van der Waals surface area contributed by atoms with Gasteiger partial charge in [0, 0.05) is 0 Å². The SMILES string of the molecule is CC1CCN(Cc2nc(C(C)C)c(C#N)s2)CC1. The lowest BCUT2D eigenvalue weighted by Gasteiger charge is -2.29. The molecule has 0 amide bonds. The summed E-state index contributed by atoms with van der Waals surface area (Å²) in [7, 11) is 0. The van der Waals surface area contributed by atoms with E-state index in [9.17, 15) is 0 Å². The number of thiazole rings is 1. The molecule has 1 aromatic rings. The van der Waals surface area contributed by atoms with Gasteiger partial charge in [-0.25, -0.2) is 4.98 Å². The van der Waals surface area contributed by atoms with E-state index in [1.54, 1.807) is 11.3 Å². The van der Waals surface area contributed by atoms with Gasteiger partial charge in [0.1, 0.15) is 16.0 Å². The van der Waals surface area contributed by atoms with Crippen LogP contribution in [0.15, 0.2) is 0 Å². The maximum Gasteiger partial charge on any atom is 0.128 e. The van der Waals surface area contributed by atoms with Crippen molar-refractivity contribution < 1.29 is 0 Å². The Hall–Kier alpha value is -0.920. The number of nitrogens with zero attached hydrogens (tertiary/aromatic N) is 3. The molecule has 2 rings (SSSR count). The first-order valence-electron chi connectivity index (χ1n) is 6.72. The van der Waals surface area contributed by atoms with Gasteiger partial charge in [0.05, 0.1) is 12.2 Å². The van der Waals surface area contributed by atoms with Gasteiger partial charge in [-0.05, 0) is 37.8 Å². The minimum Gasteiger partial charge on any atom is -0.297 e. The van der Waals surface area contributed by atoms with Crippen LogP contribution in [-0.2, 0) is 6.54 Å². The van der Waals surface area contributed by atoms with Crippen molar-refractivity contribution in [2.75, 3.05) is 13.1 Å². The molecule has 0 spiro atoms. The summed E-state index contributed by atoms with van der Waals surface area (Å²) < 4.78 is 0. The molecule has 0 bridgehead atoms. The lowest BCUT2D eigenvalue weighted by atomic mass is 9.99. The zero-order chi connectivity index (χ0) is 13.1. The summed E-state index contributed by atoms with van der Waals surface area (Å²) in [5, 5.41) is 10.2. The highest BCUT2D eigenvalue weighted by Crippen LogP contribution is 2.26. The summed E-state index contributed by atoms with van der Waals surface area (Å²) in [5.74, 6) is 1.20. The molecule has 1 aliphatic rings. The number of likely N-dealkylation sites (tertiary alicyclic amines) is 1. The van der Waals surface area contributed by atoms with Crippen molar-refractivity contribution in [1.29, 1.82) is 5.26 Å². The Morgan fingerprint density at radius 2 is 2.11 bits per heavy atom. The van der Waals surface area contributed by atoms with Crippen LogP contribution >= 0.6 is 11.3 Å². The molecule has 0 saturated carbocycles. The zero-order valence-corrected chi connectivity index (χ0v) is 12.3. The summed E-state index contributed by atoms with van der Waals surface area (Å²) in [6.45, 7) is 9.77. The predicted octanol–water partition coefficient (Wildman–Crippen LogP) is 3.37. The first-order valence-corrected chi connectivity index (χ1v) is 7.54. The van der Waals surface area contributed by atoms with Crippen molar-refractivity contribution in [3.05, 3.63) is 15.6 Å². The molecule has 0 radical (unpaired) electrons. The number of rotatable bonds is 3. The third-order valence-electron chi connectivity index (χ3n) is 3.58. The molecular weight excluding hydrogens is 242 g/mol. The van der Waals surface area contributed by atoms with Crippen LogP contribution < -0.4 is 0 Å². The largest absolute Gasteiger partial charge is 0.297 e. The number of hydrogen-bond donors (Lipinski definition) is 0. The molecule has 0 atom stereocenters. The van der Waals surface area contributed by atoms with E-state index in [-0.39, 0.29) is 0 Å². The number of piperidine rings is 1. The Morgan fingerprint density at radius 3 is 2.61 bits per heavy atom. The Kier molecular flexibility index (Phi) is 4.36. The molecule has 0 aliphatic carbocycles. The first-order chi connectivity index (χ1) is 8.60. The van der Waals surface area contributed by atoms with Gasteiger partial charge >= 0.3 is 0 Å². The maximum atomic E-state index is 9.13. The summed E-state index contributed by atoms with van der Waals surface area (Å²) >= 11 is 1.57.